The third kappa shape index (κ3) is 5.04. The lowest BCUT2D eigenvalue weighted by Gasteiger charge is -2.13. The van der Waals surface area contributed by atoms with Gasteiger partial charge in [0.1, 0.15) is 11.5 Å². The number of hydrogen-bond acceptors (Lipinski definition) is 3. The molecule has 7 heteroatoms. The minimum absolute atomic E-state index is 0.227. The number of aromatic nitrogens is 4. The second-order valence-corrected chi connectivity index (χ2v) is 7.69. The molecule has 4 aromatic rings. The quantitative estimate of drug-likeness (QED) is 0.374. The summed E-state index contributed by atoms with van der Waals surface area (Å²) in [5.74, 6) is 1.40. The summed E-state index contributed by atoms with van der Waals surface area (Å²) in [6.07, 6.45) is -0.948. The average Bonchev–Trinajstić information content (AvgIpc) is 3.20. The zero-order valence-corrected chi connectivity index (χ0v) is 17.7. The first-order valence-electron chi connectivity index (χ1n) is 10.5. The Balaban J connectivity index is 1.59. The van der Waals surface area contributed by atoms with Crippen LogP contribution in [-0.2, 0) is 32.0 Å². The molecule has 164 valence electrons. The monoisotopic (exact) mass is 436 g/mol. The summed E-state index contributed by atoms with van der Waals surface area (Å²) >= 11 is 0. The highest BCUT2D eigenvalue weighted by Gasteiger charge is 2.32. The van der Waals surface area contributed by atoms with Crippen LogP contribution in [0, 0.1) is 6.92 Å². The maximum absolute atomic E-state index is 13.3. The van der Waals surface area contributed by atoms with E-state index >= 15 is 0 Å². The minimum atomic E-state index is -4.36. The van der Waals surface area contributed by atoms with E-state index in [1.807, 2.05) is 41.0 Å². The van der Waals surface area contributed by atoms with E-state index in [9.17, 15) is 13.2 Å². The summed E-state index contributed by atoms with van der Waals surface area (Å²) in [5.41, 5.74) is 2.17. The van der Waals surface area contributed by atoms with Crippen molar-refractivity contribution in [3.63, 3.8) is 0 Å². The number of nitrogens with zero attached hydrogens (tertiary/aromatic N) is 4. The molecule has 0 aliphatic carbocycles. The van der Waals surface area contributed by atoms with Crippen LogP contribution in [-0.4, -0.2) is 19.7 Å². The van der Waals surface area contributed by atoms with E-state index in [-0.39, 0.29) is 5.56 Å². The second-order valence-electron chi connectivity index (χ2n) is 7.69. The highest BCUT2D eigenvalue weighted by atomic mass is 19.4. The standard InChI is InChI=1S/C25H23F3N4/c1-18-10-11-20(17-21(18)25(26,27)28)12-13-23-30-31-24(22-9-5-6-15-29-22)32(23)16-14-19-7-3-2-4-8-19/h2-11,15,17H,12-14,16H2,1H3. The highest BCUT2D eigenvalue weighted by Crippen LogP contribution is 2.32. The fraction of sp³-hybridized carbons (Fsp3) is 0.240. The van der Waals surface area contributed by atoms with E-state index in [1.54, 1.807) is 12.3 Å². The summed E-state index contributed by atoms with van der Waals surface area (Å²) < 4.78 is 41.8. The van der Waals surface area contributed by atoms with E-state index < -0.39 is 11.7 Å². The van der Waals surface area contributed by atoms with Gasteiger partial charge in [0.15, 0.2) is 5.82 Å². The fourth-order valence-corrected chi connectivity index (χ4v) is 3.71. The molecule has 0 saturated heterocycles. The molecule has 0 bridgehead atoms. The molecule has 0 N–H and O–H groups in total. The Kier molecular flexibility index (Phi) is 6.35. The van der Waals surface area contributed by atoms with Crippen LogP contribution in [0.5, 0.6) is 0 Å². The van der Waals surface area contributed by atoms with Crippen molar-refractivity contribution in [3.8, 4) is 11.5 Å². The van der Waals surface area contributed by atoms with Crippen LogP contribution < -0.4 is 0 Å². The van der Waals surface area contributed by atoms with Gasteiger partial charge in [0.05, 0.1) is 5.56 Å². The van der Waals surface area contributed by atoms with Gasteiger partial charge in [-0.2, -0.15) is 13.2 Å². The summed E-state index contributed by atoms with van der Waals surface area (Å²) in [4.78, 5) is 4.40. The van der Waals surface area contributed by atoms with Crippen LogP contribution in [0.2, 0.25) is 0 Å². The summed E-state index contributed by atoms with van der Waals surface area (Å²) in [6, 6.07) is 20.2. The van der Waals surface area contributed by atoms with E-state index in [4.69, 9.17) is 0 Å². The lowest BCUT2D eigenvalue weighted by atomic mass is 10.0. The van der Waals surface area contributed by atoms with E-state index in [2.05, 4.69) is 27.3 Å². The zero-order chi connectivity index (χ0) is 22.6. The van der Waals surface area contributed by atoms with Crippen molar-refractivity contribution in [2.45, 2.75) is 38.9 Å². The summed E-state index contributed by atoms with van der Waals surface area (Å²) in [6.45, 7) is 2.13. The molecule has 0 spiro atoms. The largest absolute Gasteiger partial charge is 0.416 e. The Labute approximate surface area is 184 Å². The smallest absolute Gasteiger partial charge is 0.309 e. The first-order chi connectivity index (χ1) is 15.4. The number of benzene rings is 2. The summed E-state index contributed by atoms with van der Waals surface area (Å²) in [7, 11) is 0. The molecule has 4 rings (SSSR count). The van der Waals surface area contributed by atoms with Crippen LogP contribution in [0.25, 0.3) is 11.5 Å². The highest BCUT2D eigenvalue weighted by molar-refractivity contribution is 5.49. The van der Waals surface area contributed by atoms with Crippen LogP contribution >= 0.6 is 0 Å². The zero-order valence-electron chi connectivity index (χ0n) is 17.7. The number of aryl methyl sites for hydroxylation is 4. The third-order valence-electron chi connectivity index (χ3n) is 5.43. The average molecular weight is 436 g/mol. The SMILES string of the molecule is Cc1ccc(CCc2nnc(-c3ccccn3)n2CCc2ccccc2)cc1C(F)(F)F. The van der Waals surface area contributed by atoms with E-state index in [0.29, 0.717) is 36.5 Å². The predicted molar refractivity (Wildman–Crippen MR) is 117 cm³/mol. The Morgan fingerprint density at radius 3 is 2.31 bits per heavy atom. The molecule has 0 amide bonds. The lowest BCUT2D eigenvalue weighted by molar-refractivity contribution is -0.138. The molecule has 0 aliphatic rings. The van der Waals surface area contributed by atoms with Crippen molar-refractivity contribution in [2.24, 2.45) is 0 Å². The van der Waals surface area contributed by atoms with Crippen LogP contribution in [0.4, 0.5) is 13.2 Å². The summed E-state index contributed by atoms with van der Waals surface area (Å²) in [5, 5.41) is 8.71. The van der Waals surface area contributed by atoms with Crippen LogP contribution in [0.1, 0.15) is 28.1 Å². The lowest BCUT2D eigenvalue weighted by Crippen LogP contribution is -2.11. The van der Waals surface area contributed by atoms with Crippen molar-refractivity contribution >= 4 is 0 Å². The predicted octanol–water partition coefficient (Wildman–Crippen LogP) is 5.70. The molecule has 0 saturated carbocycles. The van der Waals surface area contributed by atoms with Gasteiger partial charge in [-0.05, 0) is 54.7 Å². The van der Waals surface area contributed by atoms with Gasteiger partial charge in [-0.25, -0.2) is 0 Å². The number of halogens is 3. The Morgan fingerprint density at radius 2 is 1.59 bits per heavy atom. The number of pyridine rings is 1. The molecule has 32 heavy (non-hydrogen) atoms. The molecule has 2 aromatic carbocycles. The molecule has 0 atom stereocenters. The maximum Gasteiger partial charge on any atom is 0.416 e. The fourth-order valence-electron chi connectivity index (χ4n) is 3.71. The molecular formula is C25H23F3N4. The van der Waals surface area contributed by atoms with Gasteiger partial charge in [-0.3, -0.25) is 4.98 Å². The van der Waals surface area contributed by atoms with Gasteiger partial charge in [-0.15, -0.1) is 10.2 Å². The van der Waals surface area contributed by atoms with Crippen molar-refractivity contribution in [1.29, 1.82) is 0 Å². The molecule has 0 radical (unpaired) electrons. The normalized spacial score (nSPS) is 11.6. The first kappa shape index (κ1) is 21.7. The van der Waals surface area contributed by atoms with Gasteiger partial charge in [0.25, 0.3) is 0 Å². The van der Waals surface area contributed by atoms with Crippen molar-refractivity contribution in [3.05, 3.63) is 101 Å². The van der Waals surface area contributed by atoms with Crippen molar-refractivity contribution < 1.29 is 13.2 Å². The van der Waals surface area contributed by atoms with E-state index in [0.717, 1.165) is 12.2 Å². The number of alkyl halides is 3. The molecule has 0 fully saturated rings. The van der Waals surface area contributed by atoms with Gasteiger partial charge < -0.3 is 4.57 Å². The minimum Gasteiger partial charge on any atom is -0.309 e. The molecule has 2 aromatic heterocycles. The van der Waals surface area contributed by atoms with Crippen LogP contribution in [0.15, 0.2) is 72.9 Å². The van der Waals surface area contributed by atoms with Gasteiger partial charge >= 0.3 is 6.18 Å². The number of rotatable bonds is 7. The molecule has 0 unspecified atom stereocenters. The molecule has 0 aliphatic heterocycles. The van der Waals surface area contributed by atoms with Gasteiger partial charge in [-0.1, -0.05) is 48.5 Å². The number of hydrogen-bond donors (Lipinski definition) is 0. The van der Waals surface area contributed by atoms with Gasteiger partial charge in [0.2, 0.25) is 0 Å². The van der Waals surface area contributed by atoms with E-state index in [1.165, 1.54) is 24.6 Å². The third-order valence-corrected chi connectivity index (χ3v) is 5.43. The Bertz CT molecular complexity index is 1170. The topological polar surface area (TPSA) is 43.6 Å². The molecular weight excluding hydrogens is 413 g/mol. The van der Waals surface area contributed by atoms with Crippen molar-refractivity contribution in [1.82, 2.24) is 19.7 Å². The van der Waals surface area contributed by atoms with Crippen molar-refractivity contribution in [2.75, 3.05) is 0 Å². The first-order valence-corrected chi connectivity index (χ1v) is 10.5. The molecule has 4 nitrogen and oxygen atoms in total. The van der Waals surface area contributed by atoms with Gasteiger partial charge in [0, 0.05) is 19.2 Å². The Hall–Kier alpha value is -3.48. The molecule has 2 heterocycles. The Morgan fingerprint density at radius 1 is 0.812 bits per heavy atom. The maximum atomic E-state index is 13.3. The second kappa shape index (κ2) is 9.34. The van der Waals surface area contributed by atoms with Crippen LogP contribution in [0.3, 0.4) is 0 Å².